The van der Waals surface area contributed by atoms with Gasteiger partial charge in [-0.05, 0) is 30.9 Å². The molecule has 1 N–H and O–H groups in total. The van der Waals surface area contributed by atoms with Crippen LogP contribution in [0.15, 0.2) is 24.5 Å². The maximum absolute atomic E-state index is 10.7. The molecule has 1 heterocycles. The van der Waals surface area contributed by atoms with Gasteiger partial charge >= 0.3 is 0 Å². The maximum atomic E-state index is 10.7. The highest BCUT2D eigenvalue weighted by molar-refractivity contribution is 7.88. The van der Waals surface area contributed by atoms with E-state index in [1.807, 2.05) is 18.3 Å². The van der Waals surface area contributed by atoms with Gasteiger partial charge < -0.3 is 4.74 Å². The Morgan fingerprint density at radius 3 is 2.94 bits per heavy atom. The second-order valence-electron chi connectivity index (χ2n) is 3.96. The Balaban J connectivity index is 1.93. The van der Waals surface area contributed by atoms with Gasteiger partial charge in [0.25, 0.3) is 0 Å². The van der Waals surface area contributed by atoms with Crippen LogP contribution in [0.25, 0.3) is 0 Å². The lowest BCUT2D eigenvalue weighted by Gasteiger charge is -2.04. The molecule has 0 aliphatic carbocycles. The number of aryl methyl sites for hydroxylation is 1. The number of aromatic nitrogens is 1. The predicted molar refractivity (Wildman–Crippen MR) is 70.3 cm³/mol. The van der Waals surface area contributed by atoms with Gasteiger partial charge in [-0.3, -0.25) is 4.98 Å². The number of nitrogens with one attached hydrogen (secondary N) is 1. The van der Waals surface area contributed by atoms with Gasteiger partial charge in [0.15, 0.2) is 0 Å². The van der Waals surface area contributed by atoms with Crippen LogP contribution < -0.4 is 4.72 Å². The summed E-state index contributed by atoms with van der Waals surface area (Å²) in [7, 11) is -3.13. The summed E-state index contributed by atoms with van der Waals surface area (Å²) in [5.41, 5.74) is 1.20. The number of sulfonamides is 1. The van der Waals surface area contributed by atoms with E-state index in [2.05, 4.69) is 9.71 Å². The molecule has 0 atom stereocenters. The van der Waals surface area contributed by atoms with E-state index >= 15 is 0 Å². The van der Waals surface area contributed by atoms with Crippen LogP contribution in [-0.4, -0.2) is 32.9 Å². The summed E-state index contributed by atoms with van der Waals surface area (Å²) in [6.07, 6.45) is 7.18. The Kier molecular flexibility index (Phi) is 6.85. The quantitative estimate of drug-likeness (QED) is 0.684. The van der Waals surface area contributed by atoms with Crippen molar-refractivity contribution in [2.24, 2.45) is 0 Å². The lowest BCUT2D eigenvalue weighted by Crippen LogP contribution is -2.19. The van der Waals surface area contributed by atoms with E-state index in [1.54, 1.807) is 6.20 Å². The number of nitrogens with zero attached hydrogens (tertiary/aromatic N) is 1. The smallest absolute Gasteiger partial charge is 0.209 e. The summed E-state index contributed by atoms with van der Waals surface area (Å²) in [5.74, 6) is 0. The predicted octanol–water partition coefficient (Wildman–Crippen LogP) is 1.13. The number of hydrogen-bond donors (Lipinski definition) is 1. The van der Waals surface area contributed by atoms with Crippen LogP contribution in [0, 0.1) is 6.54 Å². The molecule has 0 saturated carbocycles. The fourth-order valence-corrected chi connectivity index (χ4v) is 1.80. The molecule has 1 aromatic rings. The average molecular weight is 271 g/mol. The van der Waals surface area contributed by atoms with E-state index < -0.39 is 10.0 Å². The van der Waals surface area contributed by atoms with Crippen molar-refractivity contribution >= 4 is 10.0 Å². The van der Waals surface area contributed by atoms with Crippen molar-refractivity contribution < 1.29 is 13.2 Å². The van der Waals surface area contributed by atoms with Crippen molar-refractivity contribution in [3.05, 3.63) is 36.6 Å². The molecule has 1 aromatic heterocycles. The topological polar surface area (TPSA) is 68.3 Å². The Bertz CT molecular complexity index is 420. The first-order chi connectivity index (χ1) is 8.58. The van der Waals surface area contributed by atoms with Gasteiger partial charge in [0.2, 0.25) is 10.0 Å². The Labute approximate surface area is 109 Å². The second kappa shape index (κ2) is 8.18. The molecule has 0 aromatic carbocycles. The zero-order valence-electron chi connectivity index (χ0n) is 10.5. The molecule has 1 radical (unpaired) electrons. The molecule has 18 heavy (non-hydrogen) atoms. The molecule has 0 unspecified atom stereocenters. The van der Waals surface area contributed by atoms with Crippen LogP contribution >= 0.6 is 0 Å². The van der Waals surface area contributed by atoms with Crippen molar-refractivity contribution in [2.45, 2.75) is 19.3 Å². The normalized spacial score (nSPS) is 11.6. The standard InChI is InChI=1S/C12H19N2O3S/c1-18(15,16)14-8-4-10-17-9-3-6-12-5-2-7-13-11-12/h2,5,7-8,11,14H,3-4,6,9-10H2,1H3. The highest BCUT2D eigenvalue weighted by Crippen LogP contribution is 2.00. The monoisotopic (exact) mass is 271 g/mol. The zero-order chi connectivity index (χ0) is 13.3. The molecule has 101 valence electrons. The molecule has 5 nitrogen and oxygen atoms in total. The van der Waals surface area contributed by atoms with Crippen molar-refractivity contribution in [3.63, 3.8) is 0 Å². The Morgan fingerprint density at radius 1 is 1.44 bits per heavy atom. The summed E-state index contributed by atoms with van der Waals surface area (Å²) < 4.78 is 29.1. The molecular formula is C12H19N2O3S. The lowest BCUT2D eigenvalue weighted by molar-refractivity contribution is 0.134. The van der Waals surface area contributed by atoms with Crippen LogP contribution in [0.4, 0.5) is 0 Å². The molecule has 0 saturated heterocycles. The van der Waals surface area contributed by atoms with Crippen LogP contribution in [0.3, 0.4) is 0 Å². The zero-order valence-corrected chi connectivity index (χ0v) is 11.3. The van der Waals surface area contributed by atoms with Crippen molar-refractivity contribution in [3.8, 4) is 0 Å². The van der Waals surface area contributed by atoms with E-state index in [9.17, 15) is 8.42 Å². The minimum absolute atomic E-state index is 0.523. The Morgan fingerprint density at radius 2 is 2.28 bits per heavy atom. The molecule has 0 fully saturated rings. The number of hydrogen-bond acceptors (Lipinski definition) is 4. The van der Waals surface area contributed by atoms with E-state index in [4.69, 9.17) is 4.74 Å². The molecule has 0 aliphatic rings. The summed E-state index contributed by atoms with van der Waals surface area (Å²) in [4.78, 5) is 4.04. The molecule has 6 heteroatoms. The minimum atomic E-state index is -3.13. The first kappa shape index (κ1) is 15.1. The second-order valence-corrected chi connectivity index (χ2v) is 5.74. The number of pyridine rings is 1. The average Bonchev–Trinajstić information content (AvgIpc) is 2.32. The highest BCUT2D eigenvalue weighted by atomic mass is 32.2. The van der Waals surface area contributed by atoms with Crippen molar-refractivity contribution in [1.29, 1.82) is 0 Å². The molecule has 0 bridgehead atoms. The van der Waals surface area contributed by atoms with E-state index in [0.29, 0.717) is 19.6 Å². The summed E-state index contributed by atoms with van der Waals surface area (Å²) >= 11 is 0. The molecule has 0 spiro atoms. The van der Waals surface area contributed by atoms with Crippen LogP contribution in [0.1, 0.15) is 18.4 Å². The van der Waals surface area contributed by atoms with Gasteiger partial charge in [-0.15, -0.1) is 0 Å². The van der Waals surface area contributed by atoms with Crippen LogP contribution in [0.5, 0.6) is 0 Å². The maximum Gasteiger partial charge on any atom is 0.209 e. The van der Waals surface area contributed by atoms with Crippen molar-refractivity contribution in [1.82, 2.24) is 9.71 Å². The first-order valence-corrected chi connectivity index (χ1v) is 7.73. The Hall–Kier alpha value is -0.980. The largest absolute Gasteiger partial charge is 0.381 e. The highest BCUT2D eigenvalue weighted by Gasteiger charge is 1.99. The molecule has 1 rings (SSSR count). The van der Waals surface area contributed by atoms with Gasteiger partial charge in [0.05, 0.1) is 6.26 Å². The summed E-state index contributed by atoms with van der Waals surface area (Å²) in [6, 6.07) is 3.96. The van der Waals surface area contributed by atoms with Gasteiger partial charge in [-0.1, -0.05) is 6.07 Å². The van der Waals surface area contributed by atoms with Gasteiger partial charge in [-0.2, -0.15) is 0 Å². The van der Waals surface area contributed by atoms with Crippen molar-refractivity contribution in [2.75, 3.05) is 19.5 Å². The van der Waals surface area contributed by atoms with Gasteiger partial charge in [0, 0.05) is 32.2 Å². The molecule has 0 amide bonds. The number of ether oxygens (including phenoxy) is 1. The van der Waals surface area contributed by atoms with Crippen LogP contribution in [0.2, 0.25) is 0 Å². The molecule has 0 aliphatic heterocycles. The third kappa shape index (κ3) is 8.16. The van der Waals surface area contributed by atoms with Crippen LogP contribution in [-0.2, 0) is 21.2 Å². The lowest BCUT2D eigenvalue weighted by atomic mass is 10.2. The van der Waals surface area contributed by atoms with E-state index in [-0.39, 0.29) is 0 Å². The third-order valence-electron chi connectivity index (χ3n) is 2.18. The minimum Gasteiger partial charge on any atom is -0.381 e. The molecular weight excluding hydrogens is 252 g/mol. The van der Waals surface area contributed by atoms with Gasteiger partial charge in [0.1, 0.15) is 0 Å². The third-order valence-corrected chi connectivity index (χ3v) is 2.78. The fraction of sp³-hybridized carbons (Fsp3) is 0.500. The summed E-state index contributed by atoms with van der Waals surface area (Å²) in [6.45, 7) is 2.69. The van der Waals surface area contributed by atoms with E-state index in [1.165, 1.54) is 12.1 Å². The van der Waals surface area contributed by atoms with Gasteiger partial charge in [-0.25, -0.2) is 13.1 Å². The summed E-state index contributed by atoms with van der Waals surface area (Å²) in [5, 5.41) is 0. The first-order valence-electron chi connectivity index (χ1n) is 5.83. The fourth-order valence-electron chi connectivity index (χ4n) is 1.38. The number of rotatable bonds is 9. The van der Waals surface area contributed by atoms with E-state index in [0.717, 1.165) is 19.1 Å². The SMILES string of the molecule is CS(=O)(=O)N[CH]CCOCCCc1cccnc1.